The molecule has 0 aromatic rings. The summed E-state index contributed by atoms with van der Waals surface area (Å²) in [5.41, 5.74) is 0. The molecular weight excluding hydrogens is 220 g/mol. The number of hydrogen-bond donors (Lipinski definition) is 1. The first kappa shape index (κ1) is 14.3. The minimum atomic E-state index is 0.719. The summed E-state index contributed by atoms with van der Waals surface area (Å²) in [6, 6.07) is 0.719. The van der Waals surface area contributed by atoms with Crippen LogP contribution in [-0.2, 0) is 0 Å². The van der Waals surface area contributed by atoms with Gasteiger partial charge in [0.1, 0.15) is 0 Å². The summed E-state index contributed by atoms with van der Waals surface area (Å²) in [6.07, 6.45) is 7.03. The van der Waals surface area contributed by atoms with E-state index in [2.05, 4.69) is 31.0 Å². The third kappa shape index (κ3) is 3.96. The van der Waals surface area contributed by atoms with Crippen molar-refractivity contribution in [2.24, 2.45) is 17.8 Å². The van der Waals surface area contributed by atoms with Crippen molar-refractivity contribution in [2.75, 3.05) is 26.2 Å². The summed E-state index contributed by atoms with van der Waals surface area (Å²) in [5.74, 6) is 2.77. The molecule has 1 aliphatic heterocycles. The molecule has 2 heteroatoms. The second-order valence-corrected chi connectivity index (χ2v) is 6.84. The third-order valence-corrected chi connectivity index (χ3v) is 5.16. The van der Waals surface area contributed by atoms with Crippen LogP contribution in [0.4, 0.5) is 0 Å². The van der Waals surface area contributed by atoms with Gasteiger partial charge in [0.25, 0.3) is 0 Å². The normalized spacial score (nSPS) is 36.5. The average Bonchev–Trinajstić information content (AvgIpc) is 2.64. The van der Waals surface area contributed by atoms with Crippen LogP contribution in [0.2, 0.25) is 0 Å². The lowest BCUT2D eigenvalue weighted by atomic mass is 9.98. The van der Waals surface area contributed by atoms with Gasteiger partial charge in [-0.1, -0.05) is 33.6 Å². The molecular formula is C16H32N2. The number of nitrogens with one attached hydrogen (secondary N) is 1. The fourth-order valence-corrected chi connectivity index (χ4v) is 3.71. The molecule has 1 aliphatic carbocycles. The maximum atomic E-state index is 3.75. The summed E-state index contributed by atoms with van der Waals surface area (Å²) < 4.78 is 0. The number of rotatable bonds is 4. The Labute approximate surface area is 114 Å². The maximum Gasteiger partial charge on any atom is 0.0220 e. The Morgan fingerprint density at radius 3 is 2.83 bits per heavy atom. The lowest BCUT2D eigenvalue weighted by molar-refractivity contribution is 0.206. The Morgan fingerprint density at radius 1 is 1.33 bits per heavy atom. The molecule has 4 atom stereocenters. The predicted octanol–water partition coefficient (Wildman–Crippen LogP) is 3.13. The van der Waals surface area contributed by atoms with Crippen LogP contribution in [0.15, 0.2) is 0 Å². The van der Waals surface area contributed by atoms with Gasteiger partial charge in [0.05, 0.1) is 0 Å². The Bertz CT molecular complexity index is 241. The molecule has 2 fully saturated rings. The quantitative estimate of drug-likeness (QED) is 0.827. The van der Waals surface area contributed by atoms with Crippen molar-refractivity contribution in [1.82, 2.24) is 10.2 Å². The molecule has 0 amide bonds. The summed E-state index contributed by atoms with van der Waals surface area (Å²) in [5, 5.41) is 3.75. The minimum Gasteiger partial charge on any atom is -0.312 e. The van der Waals surface area contributed by atoms with Crippen molar-refractivity contribution >= 4 is 0 Å². The first-order chi connectivity index (χ1) is 8.69. The fourth-order valence-electron chi connectivity index (χ4n) is 3.71. The Morgan fingerprint density at radius 2 is 2.17 bits per heavy atom. The monoisotopic (exact) mass is 252 g/mol. The van der Waals surface area contributed by atoms with Gasteiger partial charge in [-0.25, -0.2) is 0 Å². The summed E-state index contributed by atoms with van der Waals surface area (Å²) in [4.78, 5) is 2.75. The highest BCUT2D eigenvalue weighted by Gasteiger charge is 2.26. The summed E-state index contributed by atoms with van der Waals surface area (Å²) in [7, 11) is 0. The van der Waals surface area contributed by atoms with Crippen LogP contribution in [0.1, 0.15) is 52.9 Å². The van der Waals surface area contributed by atoms with Gasteiger partial charge >= 0.3 is 0 Å². The van der Waals surface area contributed by atoms with Crippen LogP contribution < -0.4 is 5.32 Å². The van der Waals surface area contributed by atoms with E-state index in [1.165, 1.54) is 58.3 Å². The SMILES string of the molecule is CCC(C)C1CN(CC2CCC(C)C2)CCCN1. The molecule has 0 bridgehead atoms. The second-order valence-electron chi connectivity index (χ2n) is 6.84. The van der Waals surface area contributed by atoms with E-state index >= 15 is 0 Å². The zero-order valence-electron chi connectivity index (χ0n) is 12.6. The standard InChI is InChI=1S/C16H32N2/c1-4-14(3)16-12-18(9-5-8-17-16)11-15-7-6-13(2)10-15/h13-17H,4-12H2,1-3H3. The van der Waals surface area contributed by atoms with Gasteiger partial charge < -0.3 is 10.2 Å². The predicted molar refractivity (Wildman–Crippen MR) is 78.8 cm³/mol. The van der Waals surface area contributed by atoms with E-state index in [9.17, 15) is 0 Å². The Kier molecular flexibility index (Phi) is 5.50. The molecule has 18 heavy (non-hydrogen) atoms. The molecule has 0 aromatic heterocycles. The van der Waals surface area contributed by atoms with E-state index in [0.29, 0.717) is 0 Å². The van der Waals surface area contributed by atoms with Gasteiger partial charge in [-0.3, -0.25) is 0 Å². The van der Waals surface area contributed by atoms with Crippen LogP contribution in [0.25, 0.3) is 0 Å². The van der Waals surface area contributed by atoms with E-state index in [4.69, 9.17) is 0 Å². The lowest BCUT2D eigenvalue weighted by Gasteiger charge is -2.29. The topological polar surface area (TPSA) is 15.3 Å². The summed E-state index contributed by atoms with van der Waals surface area (Å²) >= 11 is 0. The van der Waals surface area contributed by atoms with Crippen molar-refractivity contribution in [3.63, 3.8) is 0 Å². The van der Waals surface area contributed by atoms with Crippen molar-refractivity contribution in [2.45, 2.75) is 58.9 Å². The van der Waals surface area contributed by atoms with Crippen molar-refractivity contribution in [1.29, 1.82) is 0 Å². The molecule has 1 N–H and O–H groups in total. The largest absolute Gasteiger partial charge is 0.312 e. The maximum absolute atomic E-state index is 3.75. The van der Waals surface area contributed by atoms with Gasteiger partial charge in [0, 0.05) is 19.1 Å². The van der Waals surface area contributed by atoms with Crippen LogP contribution in [0, 0.1) is 17.8 Å². The third-order valence-electron chi connectivity index (χ3n) is 5.16. The zero-order chi connectivity index (χ0) is 13.0. The molecule has 1 saturated carbocycles. The van der Waals surface area contributed by atoms with Crippen LogP contribution in [0.5, 0.6) is 0 Å². The van der Waals surface area contributed by atoms with E-state index in [1.54, 1.807) is 0 Å². The average molecular weight is 252 g/mol. The van der Waals surface area contributed by atoms with Crippen molar-refractivity contribution < 1.29 is 0 Å². The molecule has 2 rings (SSSR count). The van der Waals surface area contributed by atoms with Crippen molar-refractivity contribution in [3.05, 3.63) is 0 Å². The van der Waals surface area contributed by atoms with Crippen LogP contribution >= 0.6 is 0 Å². The smallest absolute Gasteiger partial charge is 0.0220 e. The molecule has 0 aromatic carbocycles. The number of hydrogen-bond acceptors (Lipinski definition) is 2. The lowest BCUT2D eigenvalue weighted by Crippen LogP contribution is -2.43. The molecule has 4 unspecified atom stereocenters. The highest BCUT2D eigenvalue weighted by Crippen LogP contribution is 2.31. The molecule has 1 heterocycles. The molecule has 0 radical (unpaired) electrons. The van der Waals surface area contributed by atoms with Crippen molar-refractivity contribution in [3.8, 4) is 0 Å². The highest BCUT2D eigenvalue weighted by molar-refractivity contribution is 4.83. The van der Waals surface area contributed by atoms with Crippen LogP contribution in [0.3, 0.4) is 0 Å². The first-order valence-corrected chi connectivity index (χ1v) is 8.14. The first-order valence-electron chi connectivity index (χ1n) is 8.14. The molecule has 2 aliphatic rings. The Balaban J connectivity index is 1.83. The van der Waals surface area contributed by atoms with Crippen LogP contribution in [-0.4, -0.2) is 37.1 Å². The van der Waals surface area contributed by atoms with Gasteiger partial charge in [-0.15, -0.1) is 0 Å². The Hall–Kier alpha value is -0.0800. The minimum absolute atomic E-state index is 0.719. The fraction of sp³-hybridized carbons (Fsp3) is 1.00. The second kappa shape index (κ2) is 6.91. The van der Waals surface area contributed by atoms with Gasteiger partial charge in [-0.2, -0.15) is 0 Å². The van der Waals surface area contributed by atoms with E-state index in [0.717, 1.165) is 23.8 Å². The van der Waals surface area contributed by atoms with E-state index in [1.807, 2.05) is 0 Å². The number of nitrogens with zero attached hydrogens (tertiary/aromatic N) is 1. The highest BCUT2D eigenvalue weighted by atomic mass is 15.2. The van der Waals surface area contributed by atoms with E-state index < -0.39 is 0 Å². The van der Waals surface area contributed by atoms with E-state index in [-0.39, 0.29) is 0 Å². The van der Waals surface area contributed by atoms with Gasteiger partial charge in [0.2, 0.25) is 0 Å². The molecule has 0 spiro atoms. The molecule has 1 saturated heterocycles. The van der Waals surface area contributed by atoms with Gasteiger partial charge in [0.15, 0.2) is 0 Å². The van der Waals surface area contributed by atoms with Gasteiger partial charge in [-0.05, 0) is 50.1 Å². The molecule has 2 nitrogen and oxygen atoms in total. The zero-order valence-corrected chi connectivity index (χ0v) is 12.6. The molecule has 106 valence electrons. The summed E-state index contributed by atoms with van der Waals surface area (Å²) in [6.45, 7) is 12.3.